The maximum Gasteiger partial charge on any atom is 0.358 e. The molecule has 9 heteroatoms. The van der Waals surface area contributed by atoms with E-state index < -0.39 is 30.5 Å². The zero-order valence-electron chi connectivity index (χ0n) is 14.7. The van der Waals surface area contributed by atoms with Crippen LogP contribution in [0.15, 0.2) is 22.9 Å². The fraction of sp³-hybridized carbons (Fsp3) is 0.412. The highest BCUT2D eigenvalue weighted by Crippen LogP contribution is 2.27. The van der Waals surface area contributed by atoms with Gasteiger partial charge in [-0.25, -0.2) is 14.6 Å². The number of carbonyl (C=O) groups is 3. The van der Waals surface area contributed by atoms with E-state index in [2.05, 4.69) is 10.3 Å². The molecule has 2 heterocycles. The van der Waals surface area contributed by atoms with Crippen LogP contribution in [-0.4, -0.2) is 42.6 Å². The first-order valence-corrected chi connectivity index (χ1v) is 9.75. The van der Waals surface area contributed by atoms with Crippen molar-refractivity contribution in [3.05, 3.63) is 28.6 Å². The lowest BCUT2D eigenvalue weighted by Crippen LogP contribution is -2.47. The molecule has 2 aromatic rings. The second kappa shape index (κ2) is 9.44. The van der Waals surface area contributed by atoms with Crippen LogP contribution < -0.4 is 5.32 Å². The minimum atomic E-state index is -0.777. The molecular weight excluding hydrogens is 376 g/mol. The van der Waals surface area contributed by atoms with Crippen molar-refractivity contribution in [2.45, 2.75) is 26.3 Å². The van der Waals surface area contributed by atoms with Crippen molar-refractivity contribution in [2.75, 3.05) is 13.7 Å². The van der Waals surface area contributed by atoms with Crippen LogP contribution in [0.3, 0.4) is 0 Å². The maximum absolute atomic E-state index is 12.1. The Morgan fingerprint density at radius 1 is 1.31 bits per heavy atom. The van der Waals surface area contributed by atoms with Gasteiger partial charge in [-0.15, -0.1) is 22.7 Å². The quantitative estimate of drug-likeness (QED) is 0.690. The van der Waals surface area contributed by atoms with E-state index in [0.717, 1.165) is 9.88 Å². The normalized spacial score (nSPS) is 12.9. The van der Waals surface area contributed by atoms with E-state index in [4.69, 9.17) is 9.47 Å². The number of nitrogens with one attached hydrogen (secondary N) is 1. The highest BCUT2D eigenvalue weighted by atomic mass is 32.1. The van der Waals surface area contributed by atoms with E-state index in [-0.39, 0.29) is 11.6 Å². The van der Waals surface area contributed by atoms with Crippen LogP contribution in [0, 0.1) is 5.92 Å². The molecule has 2 atom stereocenters. The molecule has 0 aliphatic rings. The minimum Gasteiger partial charge on any atom is -0.467 e. The lowest BCUT2D eigenvalue weighted by atomic mass is 9.99. The van der Waals surface area contributed by atoms with Gasteiger partial charge in [-0.1, -0.05) is 26.3 Å². The molecule has 1 N–H and O–H groups in total. The zero-order chi connectivity index (χ0) is 19.1. The smallest absolute Gasteiger partial charge is 0.358 e. The topological polar surface area (TPSA) is 94.6 Å². The number of aromatic nitrogens is 1. The van der Waals surface area contributed by atoms with Crippen molar-refractivity contribution in [2.24, 2.45) is 5.92 Å². The average Bonchev–Trinajstić information content (AvgIpc) is 3.34. The Kier molecular flexibility index (Phi) is 7.28. The van der Waals surface area contributed by atoms with Gasteiger partial charge in [-0.2, -0.15) is 0 Å². The number of methoxy groups -OCH3 is 1. The second-order valence-corrected chi connectivity index (χ2v) is 7.35. The summed E-state index contributed by atoms with van der Waals surface area (Å²) in [7, 11) is 1.26. The predicted molar refractivity (Wildman–Crippen MR) is 99.1 cm³/mol. The first-order valence-electron chi connectivity index (χ1n) is 8.00. The van der Waals surface area contributed by atoms with Crippen LogP contribution in [0.2, 0.25) is 0 Å². The molecule has 7 nitrogen and oxygen atoms in total. The number of nitrogens with zero attached hydrogens (tertiary/aromatic N) is 1. The SMILES string of the molecule is CC[C@@H](C)[C@@H](NC(=O)COC(=O)c1csc(-c2cccs2)n1)C(=O)OC. The number of ether oxygens (including phenoxy) is 2. The van der Waals surface area contributed by atoms with Gasteiger partial charge in [0.1, 0.15) is 11.0 Å². The van der Waals surface area contributed by atoms with Gasteiger partial charge in [0.25, 0.3) is 5.91 Å². The third-order valence-corrected chi connectivity index (χ3v) is 5.65. The predicted octanol–water partition coefficient (Wildman–Crippen LogP) is 2.73. The van der Waals surface area contributed by atoms with Crippen LogP contribution in [0.1, 0.15) is 30.8 Å². The molecule has 1 amide bonds. The van der Waals surface area contributed by atoms with Gasteiger partial charge in [0.05, 0.1) is 12.0 Å². The Morgan fingerprint density at radius 3 is 2.69 bits per heavy atom. The van der Waals surface area contributed by atoms with Gasteiger partial charge in [-0.3, -0.25) is 4.79 Å². The molecule has 2 rings (SSSR count). The summed E-state index contributed by atoms with van der Waals surface area (Å²) in [5.41, 5.74) is 0.151. The number of carbonyl (C=O) groups excluding carboxylic acids is 3. The number of thiazole rings is 1. The third-order valence-electron chi connectivity index (χ3n) is 3.76. The van der Waals surface area contributed by atoms with Crippen LogP contribution in [0.4, 0.5) is 0 Å². The maximum atomic E-state index is 12.1. The Morgan fingerprint density at radius 2 is 2.08 bits per heavy atom. The van der Waals surface area contributed by atoms with Crippen LogP contribution in [-0.2, 0) is 19.1 Å². The van der Waals surface area contributed by atoms with Gasteiger partial charge in [-0.05, 0) is 17.4 Å². The lowest BCUT2D eigenvalue weighted by Gasteiger charge is -2.21. The van der Waals surface area contributed by atoms with Crippen LogP contribution in [0.25, 0.3) is 9.88 Å². The third kappa shape index (κ3) is 5.12. The summed E-state index contributed by atoms with van der Waals surface area (Å²) in [5.74, 6) is -1.88. The molecule has 0 radical (unpaired) electrons. The monoisotopic (exact) mass is 396 g/mol. The largest absolute Gasteiger partial charge is 0.467 e. The lowest BCUT2D eigenvalue weighted by molar-refractivity contribution is -0.147. The number of esters is 2. The van der Waals surface area contributed by atoms with Crippen molar-refractivity contribution >= 4 is 40.5 Å². The van der Waals surface area contributed by atoms with E-state index >= 15 is 0 Å². The number of hydrogen-bond acceptors (Lipinski definition) is 8. The summed E-state index contributed by atoms with van der Waals surface area (Å²) >= 11 is 2.85. The van der Waals surface area contributed by atoms with Gasteiger partial charge in [0, 0.05) is 5.38 Å². The van der Waals surface area contributed by atoms with E-state index in [1.165, 1.54) is 29.8 Å². The molecule has 140 valence electrons. The first-order chi connectivity index (χ1) is 12.5. The Labute approximate surface area is 159 Å². The molecule has 0 unspecified atom stereocenters. The summed E-state index contributed by atoms with van der Waals surface area (Å²) in [4.78, 5) is 41.0. The number of hydrogen-bond donors (Lipinski definition) is 1. The molecule has 0 aromatic carbocycles. The molecule has 0 saturated heterocycles. The number of thiophene rings is 1. The molecular formula is C17H20N2O5S2. The summed E-state index contributed by atoms with van der Waals surface area (Å²) < 4.78 is 9.69. The Balaban J connectivity index is 1.90. The molecule has 0 bridgehead atoms. The van der Waals surface area contributed by atoms with E-state index in [1.807, 2.05) is 31.4 Å². The van der Waals surface area contributed by atoms with Crippen molar-refractivity contribution in [1.29, 1.82) is 0 Å². The summed E-state index contributed by atoms with van der Waals surface area (Å²) in [6.45, 7) is 3.24. The summed E-state index contributed by atoms with van der Waals surface area (Å²) in [6, 6.07) is 3.04. The summed E-state index contributed by atoms with van der Waals surface area (Å²) in [6.07, 6.45) is 0.685. The fourth-order valence-corrected chi connectivity index (χ4v) is 3.70. The molecule has 0 aliphatic heterocycles. The van der Waals surface area contributed by atoms with E-state index in [1.54, 1.807) is 5.38 Å². The van der Waals surface area contributed by atoms with E-state index in [9.17, 15) is 14.4 Å². The van der Waals surface area contributed by atoms with Crippen molar-refractivity contribution < 1.29 is 23.9 Å². The molecule has 26 heavy (non-hydrogen) atoms. The highest BCUT2D eigenvalue weighted by molar-refractivity contribution is 7.20. The number of amides is 1. The number of rotatable bonds is 8. The first kappa shape index (κ1) is 20.1. The highest BCUT2D eigenvalue weighted by Gasteiger charge is 2.27. The Bertz CT molecular complexity index is 757. The van der Waals surface area contributed by atoms with Gasteiger partial charge in [0.15, 0.2) is 12.3 Å². The molecule has 0 spiro atoms. The second-order valence-electron chi connectivity index (χ2n) is 5.55. The van der Waals surface area contributed by atoms with Crippen LogP contribution >= 0.6 is 22.7 Å². The molecule has 2 aromatic heterocycles. The van der Waals surface area contributed by atoms with E-state index in [0.29, 0.717) is 6.42 Å². The van der Waals surface area contributed by atoms with Crippen molar-refractivity contribution in [3.63, 3.8) is 0 Å². The molecule has 0 aliphatic carbocycles. The standard InChI is InChI=1S/C17H20N2O5S2/c1-4-10(2)14(17(22)23-3)19-13(20)8-24-16(21)11-9-26-15(18-11)12-6-5-7-25-12/h5-7,9-10,14H,4,8H2,1-3H3,(H,19,20)/t10-,14-/m1/s1. The van der Waals surface area contributed by atoms with Crippen LogP contribution in [0.5, 0.6) is 0 Å². The average molecular weight is 396 g/mol. The fourth-order valence-electron chi connectivity index (χ4n) is 2.10. The van der Waals surface area contributed by atoms with Gasteiger partial charge >= 0.3 is 11.9 Å². The van der Waals surface area contributed by atoms with Gasteiger partial charge in [0.2, 0.25) is 0 Å². The van der Waals surface area contributed by atoms with Crippen molar-refractivity contribution in [3.8, 4) is 9.88 Å². The summed E-state index contributed by atoms with van der Waals surface area (Å²) in [5, 5.41) is 6.78. The van der Waals surface area contributed by atoms with Gasteiger partial charge < -0.3 is 14.8 Å². The molecule has 0 saturated carbocycles. The zero-order valence-corrected chi connectivity index (χ0v) is 16.3. The minimum absolute atomic E-state index is 0.103. The molecule has 0 fully saturated rings. The Hall–Kier alpha value is -2.26. The van der Waals surface area contributed by atoms with Crippen molar-refractivity contribution in [1.82, 2.24) is 10.3 Å².